The summed E-state index contributed by atoms with van der Waals surface area (Å²) in [5.41, 5.74) is 0. The summed E-state index contributed by atoms with van der Waals surface area (Å²) in [4.78, 5) is 0. The lowest BCUT2D eigenvalue weighted by atomic mass is 9.94. The van der Waals surface area contributed by atoms with Gasteiger partial charge in [-0.1, -0.05) is 6.42 Å². The van der Waals surface area contributed by atoms with E-state index in [1.165, 1.54) is 45.1 Å². The second-order valence-electron chi connectivity index (χ2n) is 5.75. The maximum Gasteiger partial charge on any atom is 0.0469 e. The molecule has 3 atom stereocenters. The zero-order valence-electron chi connectivity index (χ0n) is 9.58. The molecular formula is C13H23NO. The van der Waals surface area contributed by atoms with Gasteiger partial charge in [0.05, 0.1) is 0 Å². The van der Waals surface area contributed by atoms with Crippen LogP contribution >= 0.6 is 0 Å². The predicted octanol–water partition coefficient (Wildman–Crippen LogP) is 2.19. The third kappa shape index (κ3) is 2.21. The molecule has 0 spiro atoms. The van der Waals surface area contributed by atoms with Crippen LogP contribution in [-0.4, -0.2) is 25.8 Å². The lowest BCUT2D eigenvalue weighted by molar-refractivity contribution is 0.0647. The molecule has 3 unspecified atom stereocenters. The van der Waals surface area contributed by atoms with E-state index in [4.69, 9.17) is 4.74 Å². The average molecular weight is 209 g/mol. The molecule has 1 saturated heterocycles. The Morgan fingerprint density at radius 3 is 2.53 bits per heavy atom. The third-order valence-corrected chi connectivity index (χ3v) is 4.75. The lowest BCUT2D eigenvalue weighted by Gasteiger charge is -2.27. The second kappa shape index (κ2) is 4.42. The quantitative estimate of drug-likeness (QED) is 0.769. The van der Waals surface area contributed by atoms with Crippen LogP contribution in [0.25, 0.3) is 0 Å². The van der Waals surface area contributed by atoms with Crippen molar-refractivity contribution in [2.24, 2.45) is 17.8 Å². The number of ether oxygens (including phenoxy) is 1. The van der Waals surface area contributed by atoms with Crippen LogP contribution in [0.5, 0.6) is 0 Å². The van der Waals surface area contributed by atoms with E-state index in [1.54, 1.807) is 0 Å². The first-order chi connectivity index (χ1) is 7.42. The van der Waals surface area contributed by atoms with E-state index in [0.29, 0.717) is 0 Å². The van der Waals surface area contributed by atoms with Crippen LogP contribution in [0.2, 0.25) is 0 Å². The molecule has 3 aliphatic rings. The highest BCUT2D eigenvalue weighted by atomic mass is 16.5. The number of hydrogen-bond donors (Lipinski definition) is 1. The number of fused-ring (bicyclic) bond motifs is 2. The van der Waals surface area contributed by atoms with Gasteiger partial charge in [0, 0.05) is 19.3 Å². The topological polar surface area (TPSA) is 21.3 Å². The van der Waals surface area contributed by atoms with Crippen LogP contribution in [0.4, 0.5) is 0 Å². The van der Waals surface area contributed by atoms with Crippen molar-refractivity contribution in [1.29, 1.82) is 0 Å². The third-order valence-electron chi connectivity index (χ3n) is 4.75. The van der Waals surface area contributed by atoms with E-state index in [0.717, 1.165) is 37.0 Å². The fraction of sp³-hybridized carbons (Fsp3) is 1.00. The van der Waals surface area contributed by atoms with Crippen LogP contribution < -0.4 is 5.32 Å². The Morgan fingerprint density at radius 2 is 1.87 bits per heavy atom. The summed E-state index contributed by atoms with van der Waals surface area (Å²) in [5.74, 6) is 2.98. The van der Waals surface area contributed by atoms with Gasteiger partial charge in [-0.2, -0.15) is 0 Å². The van der Waals surface area contributed by atoms with Crippen molar-refractivity contribution in [3.63, 3.8) is 0 Å². The molecule has 15 heavy (non-hydrogen) atoms. The number of hydrogen-bond acceptors (Lipinski definition) is 2. The van der Waals surface area contributed by atoms with Crippen molar-refractivity contribution < 1.29 is 4.74 Å². The maximum absolute atomic E-state index is 5.39. The summed E-state index contributed by atoms with van der Waals surface area (Å²) in [5, 5.41) is 3.83. The molecular weight excluding hydrogens is 186 g/mol. The minimum Gasteiger partial charge on any atom is -0.381 e. The van der Waals surface area contributed by atoms with Crippen LogP contribution in [0.3, 0.4) is 0 Å². The van der Waals surface area contributed by atoms with E-state index >= 15 is 0 Å². The first-order valence-electron chi connectivity index (χ1n) is 6.73. The van der Waals surface area contributed by atoms with Gasteiger partial charge in [0.1, 0.15) is 0 Å². The lowest BCUT2D eigenvalue weighted by Crippen LogP contribution is -2.38. The number of rotatable bonds is 3. The zero-order valence-corrected chi connectivity index (χ0v) is 9.58. The van der Waals surface area contributed by atoms with Gasteiger partial charge in [-0.05, 0) is 56.4 Å². The minimum atomic E-state index is 0.867. The van der Waals surface area contributed by atoms with Gasteiger partial charge in [-0.3, -0.25) is 0 Å². The molecule has 2 nitrogen and oxygen atoms in total. The first-order valence-corrected chi connectivity index (χ1v) is 6.73. The van der Waals surface area contributed by atoms with Gasteiger partial charge in [0.15, 0.2) is 0 Å². The van der Waals surface area contributed by atoms with Crippen molar-refractivity contribution in [3.8, 4) is 0 Å². The fourth-order valence-electron chi connectivity index (χ4n) is 3.76. The van der Waals surface area contributed by atoms with E-state index in [9.17, 15) is 0 Å². The predicted molar refractivity (Wildman–Crippen MR) is 60.8 cm³/mol. The highest BCUT2D eigenvalue weighted by molar-refractivity contribution is 4.94. The highest BCUT2D eigenvalue weighted by Gasteiger charge is 2.39. The Labute approximate surface area is 92.8 Å². The van der Waals surface area contributed by atoms with E-state index in [-0.39, 0.29) is 0 Å². The standard InChI is InChI=1S/C13H23NO/c1-2-12-7-11(1)8-13(12)14-9-10-3-5-15-6-4-10/h10-14H,1-9H2. The first kappa shape index (κ1) is 10.1. The molecule has 0 aromatic heterocycles. The highest BCUT2D eigenvalue weighted by Crippen LogP contribution is 2.44. The normalized spacial score (nSPS) is 41.2. The van der Waals surface area contributed by atoms with E-state index in [2.05, 4.69) is 5.32 Å². The number of nitrogens with one attached hydrogen (secondary N) is 1. The molecule has 2 aliphatic carbocycles. The second-order valence-corrected chi connectivity index (χ2v) is 5.75. The van der Waals surface area contributed by atoms with Crippen molar-refractivity contribution in [3.05, 3.63) is 0 Å². The molecule has 2 saturated carbocycles. The van der Waals surface area contributed by atoms with Gasteiger partial charge in [0.2, 0.25) is 0 Å². The molecule has 2 bridgehead atoms. The summed E-state index contributed by atoms with van der Waals surface area (Å²) in [6, 6.07) is 0.867. The summed E-state index contributed by atoms with van der Waals surface area (Å²) < 4.78 is 5.39. The molecule has 3 rings (SSSR count). The minimum absolute atomic E-state index is 0.867. The Hall–Kier alpha value is -0.0800. The monoisotopic (exact) mass is 209 g/mol. The van der Waals surface area contributed by atoms with Gasteiger partial charge in [-0.25, -0.2) is 0 Å². The summed E-state index contributed by atoms with van der Waals surface area (Å²) >= 11 is 0. The summed E-state index contributed by atoms with van der Waals surface area (Å²) in [6.45, 7) is 3.23. The van der Waals surface area contributed by atoms with Crippen LogP contribution in [0.15, 0.2) is 0 Å². The maximum atomic E-state index is 5.39. The molecule has 0 aromatic rings. The fourth-order valence-corrected chi connectivity index (χ4v) is 3.76. The average Bonchev–Trinajstić information content (AvgIpc) is 2.89. The molecule has 86 valence electrons. The van der Waals surface area contributed by atoms with Gasteiger partial charge in [0.25, 0.3) is 0 Å². The van der Waals surface area contributed by atoms with Crippen molar-refractivity contribution >= 4 is 0 Å². The molecule has 0 amide bonds. The molecule has 0 radical (unpaired) electrons. The van der Waals surface area contributed by atoms with Crippen LogP contribution in [0, 0.1) is 17.8 Å². The zero-order chi connectivity index (χ0) is 10.1. The van der Waals surface area contributed by atoms with Crippen molar-refractivity contribution in [2.75, 3.05) is 19.8 Å². The molecule has 1 aliphatic heterocycles. The van der Waals surface area contributed by atoms with Crippen molar-refractivity contribution in [1.82, 2.24) is 5.32 Å². The molecule has 2 heteroatoms. The Balaban J connectivity index is 1.42. The SMILES string of the molecule is C1CC(CNC2CC3CCC2C3)CCO1. The van der Waals surface area contributed by atoms with E-state index in [1.807, 2.05) is 0 Å². The smallest absolute Gasteiger partial charge is 0.0469 e. The van der Waals surface area contributed by atoms with Gasteiger partial charge < -0.3 is 10.1 Å². The van der Waals surface area contributed by atoms with Gasteiger partial charge in [-0.15, -0.1) is 0 Å². The van der Waals surface area contributed by atoms with Crippen molar-refractivity contribution in [2.45, 2.75) is 44.6 Å². The van der Waals surface area contributed by atoms with Crippen LogP contribution in [-0.2, 0) is 4.74 Å². The Morgan fingerprint density at radius 1 is 1.00 bits per heavy atom. The molecule has 1 N–H and O–H groups in total. The van der Waals surface area contributed by atoms with E-state index < -0.39 is 0 Å². The van der Waals surface area contributed by atoms with Crippen LogP contribution in [0.1, 0.15) is 38.5 Å². The summed E-state index contributed by atoms with van der Waals surface area (Å²) in [7, 11) is 0. The largest absolute Gasteiger partial charge is 0.381 e. The molecule has 0 aromatic carbocycles. The van der Waals surface area contributed by atoms with Gasteiger partial charge >= 0.3 is 0 Å². The molecule has 3 fully saturated rings. The Kier molecular flexibility index (Phi) is 2.98. The Bertz CT molecular complexity index is 213. The molecule has 1 heterocycles. The summed E-state index contributed by atoms with van der Waals surface area (Å²) in [6.07, 6.45) is 8.54.